The first-order valence-electron chi connectivity index (χ1n) is 8.69. The van der Waals surface area contributed by atoms with Gasteiger partial charge in [0.15, 0.2) is 5.76 Å². The Morgan fingerprint density at radius 3 is 2.79 bits per heavy atom. The molecule has 2 heterocycles. The van der Waals surface area contributed by atoms with Crippen molar-refractivity contribution in [3.05, 3.63) is 88.0 Å². The van der Waals surface area contributed by atoms with Crippen molar-refractivity contribution in [2.45, 2.75) is 23.0 Å². The van der Waals surface area contributed by atoms with Gasteiger partial charge in [-0.2, -0.15) is 0 Å². The highest BCUT2D eigenvalue weighted by Gasteiger charge is 2.26. The molecular weight excluding hydrogens is 397 g/mol. The second-order valence-electron chi connectivity index (χ2n) is 6.13. The Morgan fingerprint density at radius 1 is 1.31 bits per heavy atom. The number of carbonyl (C=O) groups is 1. The van der Waals surface area contributed by atoms with E-state index in [9.17, 15) is 19.1 Å². The second kappa shape index (κ2) is 9.38. The zero-order chi connectivity index (χ0) is 20.8. The average molecular weight is 415 g/mol. The number of benzene rings is 1. The molecule has 1 atom stereocenters. The van der Waals surface area contributed by atoms with E-state index in [1.54, 1.807) is 36.5 Å². The summed E-state index contributed by atoms with van der Waals surface area (Å²) >= 11 is 1.16. The van der Waals surface area contributed by atoms with Crippen molar-refractivity contribution in [2.75, 3.05) is 7.11 Å². The zero-order valence-electron chi connectivity index (χ0n) is 15.5. The SMILES string of the molecule is COC(=O)C[C@@H](c1cccnc1)c1oc(CSc2ccccc2F)cc(=O)c1O. The molecule has 0 fully saturated rings. The van der Waals surface area contributed by atoms with Crippen LogP contribution in [0.25, 0.3) is 0 Å². The molecule has 1 N–H and O–H groups in total. The lowest BCUT2D eigenvalue weighted by molar-refractivity contribution is -0.140. The molecule has 0 radical (unpaired) electrons. The van der Waals surface area contributed by atoms with Gasteiger partial charge in [0.25, 0.3) is 0 Å². The third-order valence-electron chi connectivity index (χ3n) is 4.21. The van der Waals surface area contributed by atoms with Crippen LogP contribution in [-0.4, -0.2) is 23.2 Å². The van der Waals surface area contributed by atoms with E-state index in [0.29, 0.717) is 10.5 Å². The number of methoxy groups -OCH3 is 1. The molecule has 0 saturated heterocycles. The Morgan fingerprint density at radius 2 is 2.10 bits per heavy atom. The van der Waals surface area contributed by atoms with E-state index in [0.717, 1.165) is 17.8 Å². The van der Waals surface area contributed by atoms with Gasteiger partial charge >= 0.3 is 5.97 Å². The maximum Gasteiger partial charge on any atom is 0.306 e. The number of nitrogens with zero attached hydrogens (tertiary/aromatic N) is 1. The number of esters is 1. The first-order valence-corrected chi connectivity index (χ1v) is 9.68. The minimum absolute atomic E-state index is 0.0555. The molecule has 1 aromatic carbocycles. The number of carbonyl (C=O) groups excluding carboxylic acids is 1. The monoisotopic (exact) mass is 415 g/mol. The van der Waals surface area contributed by atoms with Crippen LogP contribution in [0.1, 0.15) is 29.4 Å². The van der Waals surface area contributed by atoms with E-state index in [2.05, 4.69) is 4.98 Å². The van der Waals surface area contributed by atoms with Gasteiger partial charge in [0, 0.05) is 23.4 Å². The van der Waals surface area contributed by atoms with Crippen LogP contribution >= 0.6 is 11.8 Å². The Balaban J connectivity index is 1.96. The number of pyridine rings is 1. The van der Waals surface area contributed by atoms with Crippen LogP contribution in [0.15, 0.2) is 69.0 Å². The smallest absolute Gasteiger partial charge is 0.306 e. The number of rotatable bonds is 7. The van der Waals surface area contributed by atoms with Gasteiger partial charge in [0.1, 0.15) is 11.6 Å². The highest BCUT2D eigenvalue weighted by Crippen LogP contribution is 2.34. The lowest BCUT2D eigenvalue weighted by atomic mass is 9.93. The van der Waals surface area contributed by atoms with Crippen LogP contribution in [0.2, 0.25) is 0 Å². The van der Waals surface area contributed by atoms with Crippen molar-refractivity contribution >= 4 is 17.7 Å². The van der Waals surface area contributed by atoms with E-state index in [-0.39, 0.29) is 29.5 Å². The molecule has 150 valence electrons. The summed E-state index contributed by atoms with van der Waals surface area (Å²) in [6.45, 7) is 0. The molecule has 0 aliphatic carbocycles. The lowest BCUT2D eigenvalue weighted by Crippen LogP contribution is -2.14. The van der Waals surface area contributed by atoms with Crippen molar-refractivity contribution in [2.24, 2.45) is 0 Å². The largest absolute Gasteiger partial charge is 0.502 e. The summed E-state index contributed by atoms with van der Waals surface area (Å²) in [6, 6.07) is 10.8. The molecule has 29 heavy (non-hydrogen) atoms. The van der Waals surface area contributed by atoms with Crippen LogP contribution in [0, 0.1) is 5.82 Å². The summed E-state index contributed by atoms with van der Waals surface area (Å²) in [5.41, 5.74) is -0.0654. The third-order valence-corrected chi connectivity index (χ3v) is 5.28. The minimum atomic E-state index is -0.762. The minimum Gasteiger partial charge on any atom is -0.502 e. The van der Waals surface area contributed by atoms with E-state index in [1.807, 2.05) is 0 Å². The van der Waals surface area contributed by atoms with Crippen LogP contribution < -0.4 is 5.43 Å². The Labute approximate surface area is 170 Å². The highest BCUT2D eigenvalue weighted by molar-refractivity contribution is 7.98. The summed E-state index contributed by atoms with van der Waals surface area (Å²) in [7, 11) is 1.25. The van der Waals surface area contributed by atoms with Crippen LogP contribution in [0.4, 0.5) is 4.39 Å². The van der Waals surface area contributed by atoms with Gasteiger partial charge in [-0.3, -0.25) is 14.6 Å². The molecule has 0 unspecified atom stereocenters. The van der Waals surface area contributed by atoms with Gasteiger partial charge in [0.2, 0.25) is 11.2 Å². The van der Waals surface area contributed by atoms with E-state index >= 15 is 0 Å². The Kier molecular flexibility index (Phi) is 6.66. The van der Waals surface area contributed by atoms with Gasteiger partial charge in [-0.15, -0.1) is 11.8 Å². The highest BCUT2D eigenvalue weighted by atomic mass is 32.2. The summed E-state index contributed by atoms with van der Waals surface area (Å²) in [4.78, 5) is 28.6. The number of halogens is 1. The molecule has 0 aliphatic rings. The standard InChI is InChI=1S/C21H18FNO5S/c1-27-19(25)10-15(13-5-4-8-23-11-13)21-20(26)17(24)9-14(28-21)12-29-18-7-3-2-6-16(18)22/h2-9,11,15,26H,10,12H2,1H3/t15-/m0/s1. The normalized spacial score (nSPS) is 11.8. The fraction of sp³-hybridized carbons (Fsp3) is 0.190. The number of aromatic nitrogens is 1. The van der Waals surface area contributed by atoms with E-state index in [1.165, 1.54) is 19.4 Å². The van der Waals surface area contributed by atoms with Crippen molar-refractivity contribution in [3.8, 4) is 5.75 Å². The molecule has 6 nitrogen and oxygen atoms in total. The molecule has 3 aromatic rings. The van der Waals surface area contributed by atoms with Gasteiger partial charge in [0.05, 0.1) is 25.2 Å². The lowest BCUT2D eigenvalue weighted by Gasteiger charge is -2.17. The van der Waals surface area contributed by atoms with Crippen molar-refractivity contribution in [1.82, 2.24) is 4.98 Å². The molecule has 8 heteroatoms. The van der Waals surface area contributed by atoms with Gasteiger partial charge < -0.3 is 14.3 Å². The first-order chi connectivity index (χ1) is 14.0. The molecule has 0 saturated carbocycles. The molecule has 2 aromatic heterocycles. The molecule has 0 amide bonds. The summed E-state index contributed by atoms with van der Waals surface area (Å²) in [5.74, 6) is -1.90. The second-order valence-corrected chi connectivity index (χ2v) is 7.15. The fourth-order valence-electron chi connectivity index (χ4n) is 2.77. The number of thioether (sulfide) groups is 1. The third kappa shape index (κ3) is 5.03. The summed E-state index contributed by atoms with van der Waals surface area (Å²) in [6.07, 6.45) is 2.94. The van der Waals surface area contributed by atoms with E-state index < -0.39 is 23.1 Å². The molecule has 0 bridgehead atoms. The number of hydrogen-bond donors (Lipinski definition) is 1. The van der Waals surface area contributed by atoms with Crippen molar-refractivity contribution in [3.63, 3.8) is 0 Å². The maximum absolute atomic E-state index is 13.8. The average Bonchev–Trinajstić information content (AvgIpc) is 2.74. The Bertz CT molecular complexity index is 1050. The van der Waals surface area contributed by atoms with Crippen LogP contribution in [0.5, 0.6) is 5.75 Å². The van der Waals surface area contributed by atoms with Crippen LogP contribution in [-0.2, 0) is 15.3 Å². The van der Waals surface area contributed by atoms with Crippen molar-refractivity contribution < 1.29 is 23.4 Å². The quantitative estimate of drug-likeness (QED) is 0.463. The first kappa shape index (κ1) is 20.6. The predicted octanol–water partition coefficient (Wildman–Crippen LogP) is 3.87. The summed E-state index contributed by atoms with van der Waals surface area (Å²) in [5, 5.41) is 10.3. The molecule has 3 rings (SSSR count). The molecule has 0 aliphatic heterocycles. The number of ether oxygens (including phenoxy) is 1. The Hall–Kier alpha value is -3.13. The van der Waals surface area contributed by atoms with Crippen LogP contribution in [0.3, 0.4) is 0 Å². The zero-order valence-corrected chi connectivity index (χ0v) is 16.3. The van der Waals surface area contributed by atoms with E-state index in [4.69, 9.17) is 9.15 Å². The molecular formula is C21H18FNO5S. The van der Waals surface area contributed by atoms with Gasteiger partial charge in [-0.25, -0.2) is 4.39 Å². The number of aromatic hydroxyl groups is 1. The van der Waals surface area contributed by atoms with Crippen molar-refractivity contribution in [1.29, 1.82) is 0 Å². The predicted molar refractivity (Wildman–Crippen MR) is 105 cm³/mol. The fourth-order valence-corrected chi connectivity index (χ4v) is 3.59. The molecule has 0 spiro atoms. The number of hydrogen-bond acceptors (Lipinski definition) is 7. The van der Waals surface area contributed by atoms with Gasteiger partial charge in [-0.1, -0.05) is 18.2 Å². The van der Waals surface area contributed by atoms with Gasteiger partial charge in [-0.05, 0) is 23.8 Å². The maximum atomic E-state index is 13.8. The topological polar surface area (TPSA) is 89.6 Å². The summed E-state index contributed by atoms with van der Waals surface area (Å²) < 4.78 is 24.4.